The van der Waals surface area contributed by atoms with Gasteiger partial charge in [0.2, 0.25) is 0 Å². The van der Waals surface area contributed by atoms with Crippen molar-refractivity contribution in [1.29, 1.82) is 0 Å². The summed E-state index contributed by atoms with van der Waals surface area (Å²) >= 11 is 1.47. The zero-order valence-electron chi connectivity index (χ0n) is 14.6. The van der Waals surface area contributed by atoms with Crippen LogP contribution in [0.3, 0.4) is 0 Å². The third kappa shape index (κ3) is 4.56. The van der Waals surface area contributed by atoms with E-state index < -0.39 is 0 Å². The number of rotatable bonds is 6. The van der Waals surface area contributed by atoms with E-state index >= 15 is 0 Å². The number of hydrogen-bond donors (Lipinski definition) is 1. The number of thiazole rings is 1. The lowest BCUT2D eigenvalue weighted by molar-refractivity contribution is 0.0341. The fourth-order valence-electron chi connectivity index (χ4n) is 2.79. The Bertz CT molecular complexity index is 726. The van der Waals surface area contributed by atoms with Crippen molar-refractivity contribution in [1.82, 2.24) is 15.2 Å². The van der Waals surface area contributed by atoms with Gasteiger partial charge in [0.25, 0.3) is 5.91 Å². The number of benzene rings is 1. The zero-order valence-corrected chi connectivity index (χ0v) is 15.4. The summed E-state index contributed by atoms with van der Waals surface area (Å²) in [4.78, 5) is 20.1. The third-order valence-electron chi connectivity index (χ3n) is 4.14. The largest absolute Gasteiger partial charge is 0.496 e. The minimum absolute atomic E-state index is 0.0888. The summed E-state index contributed by atoms with van der Waals surface area (Å²) in [7, 11) is 1.63. The Labute approximate surface area is 151 Å². The first kappa shape index (κ1) is 17.8. The number of nitrogens with one attached hydrogen (secondary N) is 1. The van der Waals surface area contributed by atoms with Gasteiger partial charge < -0.3 is 14.8 Å². The van der Waals surface area contributed by atoms with Gasteiger partial charge in [0.05, 0.1) is 32.6 Å². The van der Waals surface area contributed by atoms with Gasteiger partial charge in [-0.3, -0.25) is 9.69 Å². The van der Waals surface area contributed by atoms with E-state index in [2.05, 4.69) is 15.2 Å². The number of hydrogen-bond acceptors (Lipinski definition) is 6. The van der Waals surface area contributed by atoms with Gasteiger partial charge >= 0.3 is 0 Å². The van der Waals surface area contributed by atoms with Gasteiger partial charge in [0, 0.05) is 25.2 Å². The van der Waals surface area contributed by atoms with Crippen molar-refractivity contribution in [2.24, 2.45) is 0 Å². The summed E-state index contributed by atoms with van der Waals surface area (Å²) in [5, 5.41) is 3.94. The van der Waals surface area contributed by atoms with Gasteiger partial charge in [-0.05, 0) is 13.0 Å². The summed E-state index contributed by atoms with van der Waals surface area (Å²) in [5.74, 6) is 0.686. The van der Waals surface area contributed by atoms with Crippen LogP contribution < -0.4 is 10.1 Å². The number of morpholine rings is 1. The van der Waals surface area contributed by atoms with Crippen LogP contribution in [0, 0.1) is 6.92 Å². The zero-order chi connectivity index (χ0) is 17.6. The molecular formula is C18H23N3O3S. The van der Waals surface area contributed by atoms with Crippen LogP contribution in [0.1, 0.15) is 25.9 Å². The van der Waals surface area contributed by atoms with E-state index in [-0.39, 0.29) is 5.91 Å². The number of aryl methyl sites for hydroxylation is 1. The molecule has 3 rings (SSSR count). The number of ether oxygens (including phenoxy) is 2. The van der Waals surface area contributed by atoms with E-state index in [0.29, 0.717) is 11.4 Å². The van der Waals surface area contributed by atoms with Gasteiger partial charge in [-0.1, -0.05) is 18.2 Å². The lowest BCUT2D eigenvalue weighted by Gasteiger charge is -2.25. The molecule has 2 aromatic rings. The smallest absolute Gasteiger partial charge is 0.263 e. The SMILES string of the molecule is COc1ccccc1CNC(=O)c1sc(CN2CCOCC2)nc1C. The molecular weight excluding hydrogens is 338 g/mol. The molecule has 0 saturated carbocycles. The van der Waals surface area contributed by atoms with Gasteiger partial charge in [-0.25, -0.2) is 4.98 Å². The van der Waals surface area contributed by atoms with E-state index in [0.717, 1.165) is 54.9 Å². The molecule has 0 unspecified atom stereocenters. The van der Waals surface area contributed by atoms with Gasteiger partial charge in [-0.2, -0.15) is 0 Å². The molecule has 134 valence electrons. The first-order chi connectivity index (χ1) is 12.2. The van der Waals surface area contributed by atoms with Gasteiger partial charge in [0.1, 0.15) is 15.6 Å². The van der Waals surface area contributed by atoms with Crippen LogP contribution in [0.5, 0.6) is 5.75 Å². The number of amides is 1. The van der Waals surface area contributed by atoms with Crippen LogP contribution in [0.25, 0.3) is 0 Å². The molecule has 25 heavy (non-hydrogen) atoms. The molecule has 1 aromatic heterocycles. The Morgan fingerprint density at radius 1 is 1.36 bits per heavy atom. The fraction of sp³-hybridized carbons (Fsp3) is 0.444. The summed E-state index contributed by atoms with van der Waals surface area (Å²) < 4.78 is 10.7. The highest BCUT2D eigenvalue weighted by Crippen LogP contribution is 2.21. The van der Waals surface area contributed by atoms with E-state index in [1.807, 2.05) is 31.2 Å². The van der Waals surface area contributed by atoms with E-state index in [4.69, 9.17) is 9.47 Å². The average molecular weight is 361 g/mol. The lowest BCUT2D eigenvalue weighted by Crippen LogP contribution is -2.35. The predicted molar refractivity (Wildman–Crippen MR) is 97.1 cm³/mol. The van der Waals surface area contributed by atoms with E-state index in [1.165, 1.54) is 11.3 Å². The first-order valence-corrected chi connectivity index (χ1v) is 9.15. The van der Waals surface area contributed by atoms with Crippen molar-refractivity contribution < 1.29 is 14.3 Å². The molecule has 2 heterocycles. The minimum atomic E-state index is -0.0888. The molecule has 1 fully saturated rings. The topological polar surface area (TPSA) is 63.7 Å². The number of methoxy groups -OCH3 is 1. The summed E-state index contributed by atoms with van der Waals surface area (Å²) in [6.45, 7) is 6.43. The Kier molecular flexibility index (Phi) is 6.01. The molecule has 1 aliphatic heterocycles. The number of carbonyl (C=O) groups is 1. The third-order valence-corrected chi connectivity index (χ3v) is 5.28. The molecule has 0 atom stereocenters. The predicted octanol–water partition coefficient (Wildman–Crippen LogP) is 2.22. The Hall–Kier alpha value is -1.96. The molecule has 1 aliphatic rings. The second-order valence-corrected chi connectivity index (χ2v) is 6.99. The van der Waals surface area contributed by atoms with Crippen molar-refractivity contribution >= 4 is 17.2 Å². The molecule has 0 radical (unpaired) electrons. The van der Waals surface area contributed by atoms with E-state index in [9.17, 15) is 4.79 Å². The van der Waals surface area contributed by atoms with Gasteiger partial charge in [0.15, 0.2) is 0 Å². The lowest BCUT2D eigenvalue weighted by atomic mass is 10.2. The Morgan fingerprint density at radius 3 is 2.88 bits per heavy atom. The number of nitrogens with zero attached hydrogens (tertiary/aromatic N) is 2. The van der Waals surface area contributed by atoms with Crippen LogP contribution in [0.2, 0.25) is 0 Å². The second kappa shape index (κ2) is 8.42. The summed E-state index contributed by atoms with van der Waals surface area (Å²) in [6.07, 6.45) is 0. The van der Waals surface area contributed by atoms with Gasteiger partial charge in [-0.15, -0.1) is 11.3 Å². The molecule has 1 amide bonds. The highest BCUT2D eigenvalue weighted by molar-refractivity contribution is 7.13. The van der Waals surface area contributed by atoms with Crippen molar-refractivity contribution in [3.63, 3.8) is 0 Å². The molecule has 1 N–H and O–H groups in total. The van der Waals surface area contributed by atoms with Crippen molar-refractivity contribution in [2.45, 2.75) is 20.0 Å². The number of aromatic nitrogens is 1. The molecule has 6 nitrogen and oxygen atoms in total. The second-order valence-electron chi connectivity index (χ2n) is 5.91. The molecule has 0 aliphatic carbocycles. The highest BCUT2D eigenvalue weighted by Gasteiger charge is 2.18. The fourth-order valence-corrected chi connectivity index (χ4v) is 3.81. The van der Waals surface area contributed by atoms with Crippen LogP contribution in [-0.2, 0) is 17.8 Å². The van der Waals surface area contributed by atoms with E-state index in [1.54, 1.807) is 7.11 Å². The minimum Gasteiger partial charge on any atom is -0.496 e. The van der Waals surface area contributed by atoms with Crippen molar-refractivity contribution in [3.8, 4) is 5.75 Å². The Morgan fingerprint density at radius 2 is 2.12 bits per heavy atom. The summed E-state index contributed by atoms with van der Waals surface area (Å²) in [5.41, 5.74) is 1.74. The monoisotopic (exact) mass is 361 g/mol. The van der Waals surface area contributed by atoms with Crippen molar-refractivity contribution in [3.05, 3.63) is 45.4 Å². The maximum Gasteiger partial charge on any atom is 0.263 e. The maximum absolute atomic E-state index is 12.5. The number of carbonyl (C=O) groups excluding carboxylic acids is 1. The Balaban J connectivity index is 1.62. The normalized spacial score (nSPS) is 15.1. The molecule has 1 aromatic carbocycles. The quantitative estimate of drug-likeness (QED) is 0.855. The van der Waals surface area contributed by atoms with Crippen LogP contribution in [-0.4, -0.2) is 49.2 Å². The molecule has 0 bridgehead atoms. The van der Waals surface area contributed by atoms with Crippen LogP contribution in [0.4, 0.5) is 0 Å². The number of para-hydroxylation sites is 1. The summed E-state index contributed by atoms with van der Waals surface area (Å²) in [6, 6.07) is 7.68. The molecule has 0 spiro atoms. The maximum atomic E-state index is 12.5. The first-order valence-electron chi connectivity index (χ1n) is 8.34. The highest BCUT2D eigenvalue weighted by atomic mass is 32.1. The van der Waals surface area contributed by atoms with Crippen molar-refractivity contribution in [2.75, 3.05) is 33.4 Å². The molecule has 7 heteroatoms. The molecule has 1 saturated heterocycles. The standard InChI is InChI=1S/C18H23N3O3S/c1-13-17(25-16(20-13)12-21-7-9-24-10-8-21)18(22)19-11-14-5-3-4-6-15(14)23-2/h3-6H,7-12H2,1-2H3,(H,19,22). The average Bonchev–Trinajstić information content (AvgIpc) is 3.01. The van der Waals surface area contributed by atoms with Crippen LogP contribution in [0.15, 0.2) is 24.3 Å². The van der Waals surface area contributed by atoms with Crippen LogP contribution >= 0.6 is 11.3 Å².